The summed E-state index contributed by atoms with van der Waals surface area (Å²) < 4.78 is 0. The number of aliphatic carboxylic acids is 1. The second-order valence-electron chi connectivity index (χ2n) is 4.52. The number of hydrogen-bond acceptors (Lipinski definition) is 3. The lowest BCUT2D eigenvalue weighted by Gasteiger charge is -2.38. The fourth-order valence-electron chi connectivity index (χ4n) is 1.95. The lowest BCUT2D eigenvalue weighted by atomic mass is 9.96. The van der Waals surface area contributed by atoms with E-state index in [0.717, 1.165) is 15.3 Å². The number of carbonyl (C=O) groups excluding carboxylic acids is 1. The van der Waals surface area contributed by atoms with E-state index in [1.807, 2.05) is 19.9 Å². The highest BCUT2D eigenvalue weighted by atomic mass is 32.1. The Kier molecular flexibility index (Phi) is 3.19. The Labute approximate surface area is 104 Å². The second-order valence-corrected chi connectivity index (χ2v) is 5.78. The van der Waals surface area contributed by atoms with Crippen LogP contribution in [0, 0.1) is 19.8 Å². The van der Waals surface area contributed by atoms with Crippen molar-refractivity contribution < 1.29 is 14.7 Å². The molecule has 1 aromatic heterocycles. The van der Waals surface area contributed by atoms with Gasteiger partial charge in [-0.15, -0.1) is 11.3 Å². The maximum atomic E-state index is 12.0. The van der Waals surface area contributed by atoms with Crippen molar-refractivity contribution in [1.82, 2.24) is 4.90 Å². The molecule has 4 nitrogen and oxygen atoms in total. The molecule has 0 spiro atoms. The van der Waals surface area contributed by atoms with Gasteiger partial charge < -0.3 is 10.0 Å². The summed E-state index contributed by atoms with van der Waals surface area (Å²) in [6.07, 6.45) is 0.159. The molecule has 1 N–H and O–H groups in total. The van der Waals surface area contributed by atoms with Crippen molar-refractivity contribution in [2.75, 3.05) is 13.1 Å². The van der Waals surface area contributed by atoms with Gasteiger partial charge in [0.05, 0.1) is 11.3 Å². The molecule has 17 heavy (non-hydrogen) atoms. The number of amides is 1. The summed E-state index contributed by atoms with van der Waals surface area (Å²) in [6, 6.07) is 1.91. The molecule has 0 saturated carbocycles. The first-order valence-electron chi connectivity index (χ1n) is 5.55. The van der Waals surface area contributed by atoms with E-state index in [1.54, 1.807) is 4.90 Å². The van der Waals surface area contributed by atoms with Gasteiger partial charge >= 0.3 is 5.97 Å². The highest BCUT2D eigenvalue weighted by Gasteiger charge is 2.33. The molecule has 1 aliphatic rings. The largest absolute Gasteiger partial charge is 0.481 e. The summed E-state index contributed by atoms with van der Waals surface area (Å²) in [5.74, 6) is -0.628. The topological polar surface area (TPSA) is 57.6 Å². The average molecular weight is 253 g/mol. The van der Waals surface area contributed by atoms with Gasteiger partial charge in [-0.05, 0) is 25.5 Å². The SMILES string of the molecule is Cc1cc(C(=O)N2CC(CC(=O)O)C2)sc1C. The van der Waals surface area contributed by atoms with E-state index < -0.39 is 5.97 Å². The Hall–Kier alpha value is -1.36. The van der Waals surface area contributed by atoms with Crippen LogP contribution in [0.4, 0.5) is 0 Å². The minimum Gasteiger partial charge on any atom is -0.481 e. The van der Waals surface area contributed by atoms with Crippen LogP contribution in [0.1, 0.15) is 26.5 Å². The van der Waals surface area contributed by atoms with Crippen molar-refractivity contribution >= 4 is 23.2 Å². The first-order valence-corrected chi connectivity index (χ1v) is 6.37. The third kappa shape index (κ3) is 2.49. The van der Waals surface area contributed by atoms with E-state index >= 15 is 0 Å². The molecule has 1 aromatic rings. The van der Waals surface area contributed by atoms with Crippen LogP contribution < -0.4 is 0 Å². The van der Waals surface area contributed by atoms with Crippen molar-refractivity contribution in [2.24, 2.45) is 5.92 Å². The Bertz CT molecular complexity index is 441. The number of rotatable bonds is 3. The van der Waals surface area contributed by atoms with Gasteiger partial charge in [-0.1, -0.05) is 0 Å². The number of thiophene rings is 1. The van der Waals surface area contributed by atoms with Crippen LogP contribution >= 0.6 is 11.3 Å². The number of nitrogens with zero attached hydrogens (tertiary/aromatic N) is 1. The van der Waals surface area contributed by atoms with Gasteiger partial charge in [0.25, 0.3) is 5.91 Å². The zero-order chi connectivity index (χ0) is 12.6. The number of hydrogen-bond donors (Lipinski definition) is 1. The number of carboxylic acids is 1. The minimum absolute atomic E-state index is 0.0350. The third-order valence-corrected chi connectivity index (χ3v) is 4.22. The van der Waals surface area contributed by atoms with Crippen LogP contribution in [0.3, 0.4) is 0 Å². The molecule has 1 saturated heterocycles. The number of carboxylic acid groups (broad SMARTS) is 1. The number of carbonyl (C=O) groups is 2. The molecule has 0 radical (unpaired) electrons. The zero-order valence-electron chi connectivity index (χ0n) is 9.90. The fourth-order valence-corrected chi connectivity index (χ4v) is 2.95. The third-order valence-electron chi connectivity index (χ3n) is 3.08. The lowest BCUT2D eigenvalue weighted by molar-refractivity contribution is -0.139. The fraction of sp³-hybridized carbons (Fsp3) is 0.500. The maximum absolute atomic E-state index is 12.0. The molecule has 0 bridgehead atoms. The van der Waals surface area contributed by atoms with Gasteiger partial charge in [-0.2, -0.15) is 0 Å². The van der Waals surface area contributed by atoms with Gasteiger partial charge in [0, 0.05) is 23.9 Å². The van der Waals surface area contributed by atoms with Crippen molar-refractivity contribution in [3.63, 3.8) is 0 Å². The molecule has 0 atom stereocenters. The standard InChI is InChI=1S/C12H15NO3S/c1-7-3-10(17-8(7)2)12(16)13-5-9(6-13)4-11(14)15/h3,9H,4-6H2,1-2H3,(H,14,15). The first kappa shape index (κ1) is 12.1. The molecular weight excluding hydrogens is 238 g/mol. The van der Waals surface area contributed by atoms with Crippen molar-refractivity contribution in [3.8, 4) is 0 Å². The Balaban J connectivity index is 1.93. The van der Waals surface area contributed by atoms with Crippen molar-refractivity contribution in [3.05, 3.63) is 21.4 Å². The molecule has 2 heterocycles. The first-order chi connectivity index (χ1) is 7.97. The Morgan fingerprint density at radius 3 is 2.59 bits per heavy atom. The average Bonchev–Trinajstić information content (AvgIpc) is 2.51. The number of likely N-dealkylation sites (tertiary alicyclic amines) is 1. The van der Waals surface area contributed by atoms with Crippen LogP contribution in [0.15, 0.2) is 6.07 Å². The highest BCUT2D eigenvalue weighted by Crippen LogP contribution is 2.26. The van der Waals surface area contributed by atoms with Crippen LogP contribution in [-0.2, 0) is 4.79 Å². The van der Waals surface area contributed by atoms with E-state index in [1.165, 1.54) is 11.3 Å². The van der Waals surface area contributed by atoms with E-state index in [2.05, 4.69) is 0 Å². The van der Waals surface area contributed by atoms with Crippen LogP contribution in [0.25, 0.3) is 0 Å². The van der Waals surface area contributed by atoms with Crippen molar-refractivity contribution in [2.45, 2.75) is 20.3 Å². The predicted molar refractivity (Wildman–Crippen MR) is 65.4 cm³/mol. The number of aryl methyl sites for hydroxylation is 2. The van der Waals surface area contributed by atoms with Gasteiger partial charge in [0.15, 0.2) is 0 Å². The summed E-state index contributed by atoms with van der Waals surface area (Å²) in [5.41, 5.74) is 1.14. The smallest absolute Gasteiger partial charge is 0.303 e. The summed E-state index contributed by atoms with van der Waals surface area (Å²) in [5, 5.41) is 8.63. The second kappa shape index (κ2) is 4.49. The van der Waals surface area contributed by atoms with Gasteiger partial charge in [-0.3, -0.25) is 9.59 Å². The minimum atomic E-state index is -0.787. The summed E-state index contributed by atoms with van der Waals surface area (Å²) in [4.78, 5) is 26.1. The van der Waals surface area contributed by atoms with Crippen molar-refractivity contribution in [1.29, 1.82) is 0 Å². The zero-order valence-corrected chi connectivity index (χ0v) is 10.7. The molecule has 0 aliphatic carbocycles. The summed E-state index contributed by atoms with van der Waals surface area (Å²) >= 11 is 1.51. The van der Waals surface area contributed by atoms with Crippen LogP contribution in [-0.4, -0.2) is 35.0 Å². The predicted octanol–water partition coefficient (Wildman–Crippen LogP) is 1.91. The van der Waals surface area contributed by atoms with E-state index in [9.17, 15) is 9.59 Å². The van der Waals surface area contributed by atoms with Crippen LogP contribution in [0.5, 0.6) is 0 Å². The van der Waals surface area contributed by atoms with Gasteiger partial charge in [-0.25, -0.2) is 0 Å². The molecular formula is C12H15NO3S. The monoisotopic (exact) mass is 253 g/mol. The molecule has 1 fully saturated rings. The molecule has 1 amide bonds. The van der Waals surface area contributed by atoms with Crippen LogP contribution in [0.2, 0.25) is 0 Å². The quantitative estimate of drug-likeness (QED) is 0.895. The maximum Gasteiger partial charge on any atom is 0.303 e. The highest BCUT2D eigenvalue weighted by molar-refractivity contribution is 7.14. The van der Waals surface area contributed by atoms with E-state index in [-0.39, 0.29) is 18.2 Å². The van der Waals surface area contributed by atoms with E-state index in [4.69, 9.17) is 5.11 Å². The van der Waals surface area contributed by atoms with E-state index in [0.29, 0.717) is 13.1 Å². The normalized spacial score (nSPS) is 15.8. The molecule has 2 rings (SSSR count). The summed E-state index contributed by atoms with van der Waals surface area (Å²) in [6.45, 7) is 5.13. The lowest BCUT2D eigenvalue weighted by Crippen LogP contribution is -2.50. The molecule has 92 valence electrons. The molecule has 1 aliphatic heterocycles. The van der Waals surface area contributed by atoms with Gasteiger partial charge in [0.2, 0.25) is 0 Å². The van der Waals surface area contributed by atoms with Gasteiger partial charge in [0.1, 0.15) is 0 Å². The summed E-state index contributed by atoms with van der Waals surface area (Å²) in [7, 11) is 0. The molecule has 5 heteroatoms. The molecule has 0 aromatic carbocycles. The molecule has 0 unspecified atom stereocenters. The Morgan fingerprint density at radius 2 is 2.12 bits per heavy atom. The Morgan fingerprint density at radius 1 is 1.47 bits per heavy atom.